The molecule has 0 aliphatic heterocycles. The summed E-state index contributed by atoms with van der Waals surface area (Å²) in [6.45, 7) is 10.4. The van der Waals surface area contributed by atoms with Crippen molar-refractivity contribution >= 4 is 38.9 Å². The van der Waals surface area contributed by atoms with Crippen molar-refractivity contribution in [2.45, 2.75) is 6.92 Å². The molecule has 0 radical (unpaired) electrons. The lowest BCUT2D eigenvalue weighted by molar-refractivity contribution is 1.52. The molecule has 0 fully saturated rings. The predicted octanol–water partition coefficient (Wildman–Crippen LogP) is 12.1. The van der Waals surface area contributed by atoms with E-state index in [1.54, 1.807) is 12.3 Å². The number of hydrogen-bond acceptors (Lipinski definition) is 2. The normalized spacial score (nSPS) is 11.9. The molecule has 2 nitrogen and oxygen atoms in total. The number of allylic oxidation sites excluding steroid dienone is 7. The number of benzene rings is 6. The van der Waals surface area contributed by atoms with E-state index in [-0.39, 0.29) is 0 Å². The highest BCUT2D eigenvalue weighted by Gasteiger charge is 2.12. The van der Waals surface area contributed by atoms with Crippen LogP contribution < -0.4 is 11.1 Å². The summed E-state index contributed by atoms with van der Waals surface area (Å²) in [4.78, 5) is 0. The number of fused-ring (bicyclic) bond motifs is 1. The van der Waals surface area contributed by atoms with Crippen LogP contribution in [0.3, 0.4) is 0 Å². The maximum Gasteiger partial charge on any atom is 0.0543 e. The average molecular weight is 607 g/mol. The van der Waals surface area contributed by atoms with Crippen LogP contribution >= 0.6 is 0 Å². The van der Waals surface area contributed by atoms with Gasteiger partial charge in [-0.15, -0.1) is 0 Å². The monoisotopic (exact) mass is 606 g/mol. The van der Waals surface area contributed by atoms with Crippen LogP contribution in [-0.4, -0.2) is 0 Å². The summed E-state index contributed by atoms with van der Waals surface area (Å²) in [5, 5.41) is 6.01. The van der Waals surface area contributed by atoms with Crippen molar-refractivity contribution < 1.29 is 0 Å². The van der Waals surface area contributed by atoms with Crippen LogP contribution in [0.4, 0.5) is 11.4 Å². The molecule has 0 saturated carbocycles. The Labute approximate surface area is 278 Å². The van der Waals surface area contributed by atoms with Gasteiger partial charge in [-0.2, -0.15) is 0 Å². The van der Waals surface area contributed by atoms with Gasteiger partial charge in [0.1, 0.15) is 0 Å². The maximum atomic E-state index is 5.76. The second-order valence-corrected chi connectivity index (χ2v) is 11.4. The molecule has 0 atom stereocenters. The smallest absolute Gasteiger partial charge is 0.0543 e. The first-order valence-electron chi connectivity index (χ1n) is 15.8. The summed E-state index contributed by atoms with van der Waals surface area (Å²) in [6.07, 6.45) is 9.69. The Morgan fingerprint density at radius 1 is 0.617 bits per heavy atom. The van der Waals surface area contributed by atoms with Crippen LogP contribution in [0.5, 0.6) is 0 Å². The molecule has 6 aromatic rings. The first-order valence-corrected chi connectivity index (χ1v) is 15.8. The van der Waals surface area contributed by atoms with Crippen LogP contribution in [-0.2, 0) is 0 Å². The van der Waals surface area contributed by atoms with Crippen LogP contribution in [0.1, 0.15) is 23.6 Å². The molecule has 2 heteroatoms. The minimum Gasteiger partial charge on any atom is -0.404 e. The summed E-state index contributed by atoms with van der Waals surface area (Å²) in [7, 11) is 0. The van der Waals surface area contributed by atoms with Gasteiger partial charge < -0.3 is 11.1 Å². The van der Waals surface area contributed by atoms with Gasteiger partial charge in [-0.25, -0.2) is 0 Å². The molecule has 0 heterocycles. The van der Waals surface area contributed by atoms with Gasteiger partial charge in [-0.05, 0) is 80.6 Å². The molecule has 0 aliphatic carbocycles. The molecule has 0 spiro atoms. The van der Waals surface area contributed by atoms with Crippen molar-refractivity contribution in [1.82, 2.24) is 0 Å². The van der Waals surface area contributed by atoms with Gasteiger partial charge in [-0.1, -0.05) is 159 Å². The largest absolute Gasteiger partial charge is 0.404 e. The molecule has 3 N–H and O–H groups in total. The van der Waals surface area contributed by atoms with Crippen molar-refractivity contribution in [1.29, 1.82) is 0 Å². The van der Waals surface area contributed by atoms with Crippen molar-refractivity contribution in [2.75, 3.05) is 5.32 Å². The van der Waals surface area contributed by atoms with Gasteiger partial charge in [0.15, 0.2) is 0 Å². The minimum atomic E-state index is 0.908. The van der Waals surface area contributed by atoms with E-state index < -0.39 is 0 Å². The van der Waals surface area contributed by atoms with Crippen molar-refractivity contribution in [3.05, 3.63) is 200 Å². The predicted molar refractivity (Wildman–Crippen MR) is 205 cm³/mol. The Morgan fingerprint density at radius 2 is 1.19 bits per heavy atom. The summed E-state index contributed by atoms with van der Waals surface area (Å²) in [5.74, 6) is 0. The highest BCUT2D eigenvalue weighted by Crippen LogP contribution is 2.37. The van der Waals surface area contributed by atoms with Crippen molar-refractivity contribution in [3.8, 4) is 22.3 Å². The number of anilines is 2. The molecule has 0 aliphatic rings. The lowest BCUT2D eigenvalue weighted by Gasteiger charge is -2.17. The molecule has 228 valence electrons. The Balaban J connectivity index is 1.32. The number of hydrogen-bond donors (Lipinski definition) is 2. The van der Waals surface area contributed by atoms with Gasteiger partial charge in [0, 0.05) is 22.8 Å². The molecule has 0 amide bonds. The third-order valence-electron chi connectivity index (χ3n) is 8.46. The quantitative estimate of drug-likeness (QED) is 0.152. The molecule has 0 saturated heterocycles. The van der Waals surface area contributed by atoms with E-state index in [9.17, 15) is 0 Å². The average Bonchev–Trinajstić information content (AvgIpc) is 3.13. The standard InChI is InChI=1S/C45H38N2/c1-4-33(36-18-20-37(21-19-36)34(5-2)31-46)17-16-32(3)43-28-27-41-30-40(26-29-44(41)45(43)47-42-14-10-7-11-15-42)39-24-22-38(23-25-39)35-12-8-6-9-13-35/h4-31,47H,2-3,46H2,1H3/b17-16-,33-4+,34-31+. The molecule has 0 unspecified atom stereocenters. The molecule has 0 aromatic heterocycles. The molecular weight excluding hydrogens is 569 g/mol. The van der Waals surface area contributed by atoms with E-state index >= 15 is 0 Å². The third-order valence-corrected chi connectivity index (χ3v) is 8.46. The van der Waals surface area contributed by atoms with E-state index in [4.69, 9.17) is 5.73 Å². The fraction of sp³-hybridized carbons (Fsp3) is 0.0222. The number of nitrogens with two attached hydrogens (primary N) is 1. The van der Waals surface area contributed by atoms with Crippen LogP contribution in [0.15, 0.2) is 183 Å². The second-order valence-electron chi connectivity index (χ2n) is 11.4. The zero-order valence-electron chi connectivity index (χ0n) is 26.7. The van der Waals surface area contributed by atoms with Gasteiger partial charge in [0.2, 0.25) is 0 Å². The van der Waals surface area contributed by atoms with Crippen LogP contribution in [0, 0.1) is 0 Å². The van der Waals surface area contributed by atoms with Gasteiger partial charge in [0.25, 0.3) is 0 Å². The first kappa shape index (κ1) is 30.9. The summed E-state index contributed by atoms with van der Waals surface area (Å²) < 4.78 is 0. The summed E-state index contributed by atoms with van der Waals surface area (Å²) in [6, 6.07) is 49.0. The van der Waals surface area contributed by atoms with E-state index in [0.717, 1.165) is 55.6 Å². The third kappa shape index (κ3) is 6.93. The minimum absolute atomic E-state index is 0.908. The first-order chi connectivity index (χ1) is 23.1. The SMILES string of the molecule is C=C/C(=C\N)c1ccc(C(/C=C\C(=C)c2ccc3cc(-c4ccc(-c5ccccc5)cc4)ccc3c2Nc2ccccc2)=C/C)cc1. The lowest BCUT2D eigenvalue weighted by atomic mass is 9.94. The number of rotatable bonds is 10. The van der Waals surface area contributed by atoms with Gasteiger partial charge in [-0.3, -0.25) is 0 Å². The molecule has 47 heavy (non-hydrogen) atoms. The zero-order chi connectivity index (χ0) is 32.6. The second kappa shape index (κ2) is 14.3. The fourth-order valence-electron chi connectivity index (χ4n) is 5.84. The Hall–Kier alpha value is -6.12. The van der Waals surface area contributed by atoms with E-state index in [1.165, 1.54) is 22.3 Å². The Bertz CT molecular complexity index is 2110. The van der Waals surface area contributed by atoms with Crippen molar-refractivity contribution in [3.63, 3.8) is 0 Å². The topological polar surface area (TPSA) is 38.0 Å². The Kier molecular flexibility index (Phi) is 9.41. The van der Waals surface area contributed by atoms with Crippen molar-refractivity contribution in [2.24, 2.45) is 5.73 Å². The molecule has 6 rings (SSSR count). The number of para-hydroxylation sites is 1. The highest BCUT2D eigenvalue weighted by atomic mass is 14.9. The molecule has 0 bridgehead atoms. The lowest BCUT2D eigenvalue weighted by Crippen LogP contribution is -1.97. The zero-order valence-corrected chi connectivity index (χ0v) is 26.7. The Morgan fingerprint density at radius 3 is 1.81 bits per heavy atom. The maximum absolute atomic E-state index is 5.76. The highest BCUT2D eigenvalue weighted by molar-refractivity contribution is 6.03. The fourth-order valence-corrected chi connectivity index (χ4v) is 5.84. The van der Waals surface area contributed by atoms with E-state index in [2.05, 4.69) is 159 Å². The van der Waals surface area contributed by atoms with E-state index in [0.29, 0.717) is 0 Å². The van der Waals surface area contributed by atoms with Gasteiger partial charge in [0.05, 0.1) is 5.69 Å². The molecular formula is C45H38N2. The van der Waals surface area contributed by atoms with Crippen LogP contribution in [0.25, 0.3) is 49.7 Å². The molecule has 6 aromatic carbocycles. The van der Waals surface area contributed by atoms with Crippen LogP contribution in [0.2, 0.25) is 0 Å². The van der Waals surface area contributed by atoms with E-state index in [1.807, 2.05) is 24.3 Å². The number of nitrogens with one attached hydrogen (secondary N) is 1. The van der Waals surface area contributed by atoms with Gasteiger partial charge >= 0.3 is 0 Å². The summed E-state index contributed by atoms with van der Waals surface area (Å²) in [5.41, 5.74) is 18.8. The summed E-state index contributed by atoms with van der Waals surface area (Å²) >= 11 is 0.